The zero-order valence-corrected chi connectivity index (χ0v) is 13.4. The average molecular weight is 314 g/mol. The van der Waals surface area contributed by atoms with E-state index in [1.165, 1.54) is 0 Å². The average Bonchev–Trinajstić information content (AvgIpc) is 2.46. The molecule has 0 spiro atoms. The number of nitrogen functional groups attached to an aromatic ring is 1. The normalized spacial score (nSPS) is 17.2. The highest BCUT2D eigenvalue weighted by Gasteiger charge is 2.19. The van der Waals surface area contributed by atoms with Crippen LogP contribution in [-0.2, 0) is 16.4 Å². The summed E-state index contributed by atoms with van der Waals surface area (Å²) in [5, 5.41) is 0. The lowest BCUT2D eigenvalue weighted by Gasteiger charge is -2.21. The third-order valence-electron chi connectivity index (χ3n) is 3.71. The van der Waals surface area contributed by atoms with E-state index in [9.17, 15) is 8.42 Å². The molecule has 6 heteroatoms. The van der Waals surface area contributed by atoms with Crippen molar-refractivity contribution in [3.05, 3.63) is 23.8 Å². The zero-order chi connectivity index (χ0) is 14.6. The number of benzene rings is 1. The topological polar surface area (TPSA) is 72.2 Å². The van der Waals surface area contributed by atoms with Gasteiger partial charge in [0.1, 0.15) is 0 Å². The first-order valence-corrected chi connectivity index (χ1v) is 9.62. The Morgan fingerprint density at radius 1 is 1.35 bits per heavy atom. The van der Waals surface area contributed by atoms with Gasteiger partial charge in [-0.05, 0) is 54.4 Å². The minimum atomic E-state index is -3.44. The number of thioether (sulfide) groups is 1. The number of hydrogen-bond donors (Lipinski definition) is 2. The Labute approximate surface area is 125 Å². The highest BCUT2D eigenvalue weighted by molar-refractivity contribution is 7.99. The van der Waals surface area contributed by atoms with Gasteiger partial charge in [0.2, 0.25) is 10.0 Å². The Balaban J connectivity index is 2.04. The van der Waals surface area contributed by atoms with Crippen LogP contribution in [-0.4, -0.2) is 26.5 Å². The summed E-state index contributed by atoms with van der Waals surface area (Å²) in [4.78, 5) is 0.261. The van der Waals surface area contributed by atoms with Gasteiger partial charge in [-0.1, -0.05) is 13.0 Å². The Bertz CT molecular complexity index is 552. The van der Waals surface area contributed by atoms with Crippen molar-refractivity contribution in [1.82, 2.24) is 4.72 Å². The van der Waals surface area contributed by atoms with Crippen molar-refractivity contribution in [2.24, 2.45) is 5.92 Å². The van der Waals surface area contributed by atoms with Gasteiger partial charge in [-0.2, -0.15) is 11.8 Å². The number of sulfonamides is 1. The van der Waals surface area contributed by atoms with E-state index in [0.717, 1.165) is 36.3 Å². The van der Waals surface area contributed by atoms with E-state index in [2.05, 4.69) is 4.72 Å². The first-order valence-electron chi connectivity index (χ1n) is 6.98. The zero-order valence-electron chi connectivity index (χ0n) is 11.8. The lowest BCUT2D eigenvalue weighted by Crippen LogP contribution is -2.31. The van der Waals surface area contributed by atoms with E-state index in [1.54, 1.807) is 18.2 Å². The van der Waals surface area contributed by atoms with Crippen LogP contribution in [0.4, 0.5) is 5.69 Å². The molecule has 0 radical (unpaired) electrons. The molecular weight excluding hydrogens is 292 g/mol. The summed E-state index contributed by atoms with van der Waals surface area (Å²) >= 11 is 1.94. The van der Waals surface area contributed by atoms with Crippen LogP contribution < -0.4 is 10.5 Å². The van der Waals surface area contributed by atoms with E-state index >= 15 is 0 Å². The van der Waals surface area contributed by atoms with E-state index in [-0.39, 0.29) is 4.90 Å². The molecule has 2 rings (SSSR count). The van der Waals surface area contributed by atoms with Gasteiger partial charge >= 0.3 is 0 Å². The quantitative estimate of drug-likeness (QED) is 0.818. The van der Waals surface area contributed by atoms with Crippen LogP contribution in [0.2, 0.25) is 0 Å². The second-order valence-corrected chi connectivity index (χ2v) is 8.11. The standard InChI is InChI=1S/C14H22N2O2S2/c1-2-12-3-4-13(9-14(12)15)20(17,18)16-10-11-5-7-19-8-6-11/h3-4,9,11,16H,2,5-8,10,15H2,1H3. The van der Waals surface area contributed by atoms with Crippen molar-refractivity contribution < 1.29 is 8.42 Å². The van der Waals surface area contributed by atoms with Crippen LogP contribution in [0.15, 0.2) is 23.1 Å². The number of rotatable bonds is 5. The van der Waals surface area contributed by atoms with Gasteiger partial charge in [0.05, 0.1) is 4.90 Å². The molecule has 1 aliphatic rings. The van der Waals surface area contributed by atoms with Gasteiger partial charge < -0.3 is 5.73 Å². The number of anilines is 1. The SMILES string of the molecule is CCc1ccc(S(=O)(=O)NCC2CCSCC2)cc1N. The van der Waals surface area contributed by atoms with E-state index in [0.29, 0.717) is 18.2 Å². The Hall–Kier alpha value is -0.720. The molecule has 0 aliphatic carbocycles. The second-order valence-electron chi connectivity index (χ2n) is 5.12. The Kier molecular flexibility index (Phi) is 5.35. The molecule has 0 unspecified atom stereocenters. The van der Waals surface area contributed by atoms with E-state index in [1.807, 2.05) is 18.7 Å². The molecule has 20 heavy (non-hydrogen) atoms. The predicted octanol–water partition coefficient (Wildman–Crippen LogP) is 2.25. The van der Waals surface area contributed by atoms with Crippen molar-refractivity contribution >= 4 is 27.5 Å². The van der Waals surface area contributed by atoms with Gasteiger partial charge in [-0.15, -0.1) is 0 Å². The van der Waals surface area contributed by atoms with Gasteiger partial charge in [0.25, 0.3) is 0 Å². The summed E-state index contributed by atoms with van der Waals surface area (Å²) in [5.41, 5.74) is 7.40. The third-order valence-corrected chi connectivity index (χ3v) is 6.18. The maximum absolute atomic E-state index is 12.3. The molecule has 0 bridgehead atoms. The highest BCUT2D eigenvalue weighted by atomic mass is 32.2. The molecule has 1 aromatic carbocycles. The number of aryl methyl sites for hydroxylation is 1. The molecule has 0 amide bonds. The molecule has 1 aromatic rings. The third kappa shape index (κ3) is 3.90. The van der Waals surface area contributed by atoms with Crippen LogP contribution in [0.1, 0.15) is 25.3 Å². The van der Waals surface area contributed by atoms with Crippen molar-refractivity contribution in [3.63, 3.8) is 0 Å². The summed E-state index contributed by atoms with van der Waals surface area (Å²) in [6, 6.07) is 4.98. The van der Waals surface area contributed by atoms with Gasteiger partial charge in [-0.3, -0.25) is 0 Å². The van der Waals surface area contributed by atoms with Crippen LogP contribution in [0.5, 0.6) is 0 Å². The molecule has 0 saturated carbocycles. The van der Waals surface area contributed by atoms with Gasteiger partial charge in [0, 0.05) is 12.2 Å². The summed E-state index contributed by atoms with van der Waals surface area (Å²) in [6.45, 7) is 2.53. The predicted molar refractivity (Wildman–Crippen MR) is 85.5 cm³/mol. The van der Waals surface area contributed by atoms with Crippen molar-refractivity contribution in [2.45, 2.75) is 31.1 Å². The Morgan fingerprint density at radius 3 is 2.65 bits per heavy atom. The van der Waals surface area contributed by atoms with Gasteiger partial charge in [0.15, 0.2) is 0 Å². The van der Waals surface area contributed by atoms with Crippen molar-refractivity contribution in [1.29, 1.82) is 0 Å². The lowest BCUT2D eigenvalue weighted by atomic mass is 10.0. The van der Waals surface area contributed by atoms with E-state index in [4.69, 9.17) is 5.73 Å². The lowest BCUT2D eigenvalue weighted by molar-refractivity contribution is 0.476. The van der Waals surface area contributed by atoms with Crippen LogP contribution >= 0.6 is 11.8 Å². The number of nitrogens with two attached hydrogens (primary N) is 1. The molecule has 4 nitrogen and oxygen atoms in total. The second kappa shape index (κ2) is 6.83. The highest BCUT2D eigenvalue weighted by Crippen LogP contribution is 2.23. The molecule has 0 aromatic heterocycles. The maximum atomic E-state index is 12.3. The van der Waals surface area contributed by atoms with Crippen molar-refractivity contribution in [2.75, 3.05) is 23.8 Å². The van der Waals surface area contributed by atoms with Crippen LogP contribution in [0, 0.1) is 5.92 Å². The van der Waals surface area contributed by atoms with Crippen molar-refractivity contribution in [3.8, 4) is 0 Å². The molecule has 1 heterocycles. The fourth-order valence-corrected chi connectivity index (χ4v) is 4.68. The fraction of sp³-hybridized carbons (Fsp3) is 0.571. The first kappa shape index (κ1) is 15.7. The summed E-state index contributed by atoms with van der Waals surface area (Å²) < 4.78 is 27.2. The van der Waals surface area contributed by atoms with Gasteiger partial charge in [-0.25, -0.2) is 13.1 Å². The molecule has 1 fully saturated rings. The summed E-state index contributed by atoms with van der Waals surface area (Å²) in [6.07, 6.45) is 2.98. The molecule has 1 aliphatic heterocycles. The summed E-state index contributed by atoms with van der Waals surface area (Å²) in [5.74, 6) is 2.72. The smallest absolute Gasteiger partial charge is 0.240 e. The molecular formula is C14H22N2O2S2. The Morgan fingerprint density at radius 2 is 2.05 bits per heavy atom. The minimum Gasteiger partial charge on any atom is -0.398 e. The molecule has 0 atom stereocenters. The number of nitrogens with one attached hydrogen (secondary N) is 1. The first-order chi connectivity index (χ1) is 9.53. The molecule has 112 valence electrons. The van der Waals surface area contributed by atoms with E-state index < -0.39 is 10.0 Å². The minimum absolute atomic E-state index is 0.261. The van der Waals surface area contributed by atoms with Crippen LogP contribution in [0.3, 0.4) is 0 Å². The maximum Gasteiger partial charge on any atom is 0.240 e. The molecule has 1 saturated heterocycles. The monoisotopic (exact) mass is 314 g/mol. The summed E-state index contributed by atoms with van der Waals surface area (Å²) in [7, 11) is -3.44. The number of hydrogen-bond acceptors (Lipinski definition) is 4. The fourth-order valence-electron chi connectivity index (χ4n) is 2.32. The van der Waals surface area contributed by atoms with Crippen LogP contribution in [0.25, 0.3) is 0 Å². The largest absolute Gasteiger partial charge is 0.398 e. The molecule has 3 N–H and O–H groups in total.